The zero-order valence-corrected chi connectivity index (χ0v) is 21.7. The highest BCUT2D eigenvalue weighted by Gasteiger charge is 2.37. The molecule has 0 saturated carbocycles. The molecule has 0 heterocycles. The van der Waals surface area contributed by atoms with Crippen LogP contribution in [0.25, 0.3) is 0 Å². The van der Waals surface area contributed by atoms with Crippen molar-refractivity contribution < 1.29 is 27.3 Å². The number of Topliss-reactive ketones (excluding diaryl/α,β-unsaturated/α-hetero) is 1. The van der Waals surface area contributed by atoms with Crippen molar-refractivity contribution in [1.82, 2.24) is 0 Å². The van der Waals surface area contributed by atoms with Crippen molar-refractivity contribution in [3.63, 3.8) is 0 Å². The number of rotatable bonds is 10. The predicted octanol–water partition coefficient (Wildman–Crippen LogP) is 7.24. The van der Waals surface area contributed by atoms with Gasteiger partial charge in [0.1, 0.15) is 5.75 Å². The molecule has 8 heteroatoms. The van der Waals surface area contributed by atoms with Crippen molar-refractivity contribution in [2.24, 2.45) is 11.1 Å². The summed E-state index contributed by atoms with van der Waals surface area (Å²) >= 11 is 0. The van der Waals surface area contributed by atoms with Crippen LogP contribution >= 0.6 is 10.5 Å². The Kier molecular flexibility index (Phi) is 9.08. The highest BCUT2D eigenvalue weighted by molar-refractivity contribution is 8.27. The summed E-state index contributed by atoms with van der Waals surface area (Å²) in [5.74, 6) is -0.710. The molecule has 0 bridgehead atoms. The largest absolute Gasteiger partial charge is 0.493 e. The Morgan fingerprint density at radius 3 is 2.33 bits per heavy atom. The average molecular weight is 522 g/mol. The highest BCUT2D eigenvalue weighted by atomic mass is 32.3. The van der Waals surface area contributed by atoms with Crippen LogP contribution in [-0.4, -0.2) is 28.9 Å². The van der Waals surface area contributed by atoms with Crippen molar-refractivity contribution in [2.75, 3.05) is 12.4 Å². The van der Waals surface area contributed by atoms with Crippen molar-refractivity contribution >= 4 is 16.3 Å². The molecule has 2 aromatic carbocycles. The monoisotopic (exact) mass is 521 g/mol. The fourth-order valence-electron chi connectivity index (χ4n) is 4.39. The molecule has 1 aliphatic rings. The minimum Gasteiger partial charge on any atom is -0.493 e. The number of ketones is 1. The number of alkyl halides is 3. The molecule has 0 amide bonds. The summed E-state index contributed by atoms with van der Waals surface area (Å²) in [5.41, 5.74) is 5.12. The van der Waals surface area contributed by atoms with Crippen molar-refractivity contribution in [2.45, 2.75) is 51.5 Å². The second-order valence-electron chi connectivity index (χ2n) is 9.50. The average Bonchev–Trinajstić information content (AvgIpc) is 2.80. The molecule has 0 fully saturated rings. The maximum Gasteiger partial charge on any atom is 0.449 e. The van der Waals surface area contributed by atoms with E-state index >= 15 is 0 Å². The van der Waals surface area contributed by atoms with Crippen LogP contribution in [-0.2, 0) is 11.2 Å². The zero-order valence-electron chi connectivity index (χ0n) is 20.8. The fourth-order valence-corrected chi connectivity index (χ4v) is 6.38. The van der Waals surface area contributed by atoms with E-state index in [0.29, 0.717) is 11.3 Å². The van der Waals surface area contributed by atoms with Gasteiger partial charge < -0.3 is 9.29 Å². The lowest BCUT2D eigenvalue weighted by Crippen LogP contribution is -2.28. The first-order valence-corrected chi connectivity index (χ1v) is 13.8. The predicted molar refractivity (Wildman–Crippen MR) is 140 cm³/mol. The summed E-state index contributed by atoms with van der Waals surface area (Å²) in [6, 6.07) is 14.7. The molecule has 4 nitrogen and oxygen atoms in total. The number of carbonyl (C=O) groups is 1. The van der Waals surface area contributed by atoms with Crippen LogP contribution in [0.15, 0.2) is 71.8 Å². The van der Waals surface area contributed by atoms with Gasteiger partial charge in [-0.1, -0.05) is 77.1 Å². The Balaban J connectivity index is 1.67. The number of carbonyl (C=O) groups excluding carboxylic acids is 1. The standard InChI is InChI=1S/C28H34F3NO3S/c1-19-4-10-23(11-5-19)27(25-14-6-20(2)18-21(25)3)36(32,34)17-16-35-24-12-7-22(8-13-24)9-15-26(33)28(29,30)31/h4-8,10-14,21,27,34H,9,15-18,32H2,1-3H3. The number of aryl methyl sites for hydroxylation is 2. The van der Waals surface area contributed by atoms with Crippen molar-refractivity contribution in [3.05, 3.63) is 88.5 Å². The summed E-state index contributed by atoms with van der Waals surface area (Å²) < 4.78 is 54.5. The van der Waals surface area contributed by atoms with Crippen LogP contribution in [0.2, 0.25) is 0 Å². The second-order valence-corrected chi connectivity index (χ2v) is 12.0. The van der Waals surface area contributed by atoms with Gasteiger partial charge in [0, 0.05) is 12.2 Å². The maximum absolute atomic E-state index is 12.4. The van der Waals surface area contributed by atoms with Gasteiger partial charge in [-0.25, -0.2) is 0 Å². The van der Waals surface area contributed by atoms with E-state index in [1.54, 1.807) is 24.3 Å². The Hall–Kier alpha value is -2.55. The molecular formula is C28H34F3NO3S. The molecule has 0 spiro atoms. The van der Waals surface area contributed by atoms with Crippen molar-refractivity contribution in [1.29, 1.82) is 0 Å². The third-order valence-electron chi connectivity index (χ3n) is 6.41. The van der Waals surface area contributed by atoms with E-state index in [4.69, 9.17) is 9.88 Å². The molecule has 3 N–H and O–H groups in total. The summed E-state index contributed by atoms with van der Waals surface area (Å²) in [5, 5.41) is 6.30. The van der Waals surface area contributed by atoms with E-state index in [1.165, 1.54) is 5.57 Å². The number of benzene rings is 2. The number of hydrogen-bond acceptors (Lipinski definition) is 4. The third-order valence-corrected chi connectivity index (χ3v) is 8.59. The molecule has 1 aliphatic carbocycles. The Morgan fingerprint density at radius 2 is 1.75 bits per heavy atom. The van der Waals surface area contributed by atoms with E-state index in [9.17, 15) is 22.5 Å². The lowest BCUT2D eigenvalue weighted by molar-refractivity contribution is -0.171. The van der Waals surface area contributed by atoms with Gasteiger partial charge in [0.15, 0.2) is 0 Å². The van der Waals surface area contributed by atoms with Crippen LogP contribution in [0.3, 0.4) is 0 Å². The molecule has 0 aromatic heterocycles. The SMILES string of the molecule is CC1=CC=C(C(c2ccc(C)cc2)S(N)(O)CCOc2ccc(CCC(=O)C(F)(F)F)cc2)C(C)C1. The minimum atomic E-state index is -4.80. The van der Waals surface area contributed by atoms with E-state index in [-0.39, 0.29) is 29.9 Å². The first-order valence-electron chi connectivity index (χ1n) is 11.9. The number of allylic oxidation sites excluding steroid dienone is 3. The maximum atomic E-state index is 12.4. The third kappa shape index (κ3) is 7.48. The fraction of sp³-hybridized carbons (Fsp3) is 0.393. The number of hydrogen-bond donors (Lipinski definition) is 2. The molecule has 196 valence electrons. The van der Waals surface area contributed by atoms with Crippen LogP contribution < -0.4 is 9.88 Å². The summed E-state index contributed by atoms with van der Waals surface area (Å²) in [7, 11) is -2.62. The second kappa shape index (κ2) is 11.7. The number of ether oxygens (including phenoxy) is 1. The van der Waals surface area contributed by atoms with Crippen LogP contribution in [0.4, 0.5) is 13.2 Å². The van der Waals surface area contributed by atoms with Gasteiger partial charge in [0.2, 0.25) is 5.78 Å². The van der Waals surface area contributed by atoms with Gasteiger partial charge in [0.05, 0.1) is 11.9 Å². The van der Waals surface area contributed by atoms with Crippen LogP contribution in [0.1, 0.15) is 48.6 Å². The Labute approximate surface area is 212 Å². The highest BCUT2D eigenvalue weighted by Crippen LogP contribution is 2.56. The Bertz CT molecular complexity index is 1110. The van der Waals surface area contributed by atoms with Crippen LogP contribution in [0.5, 0.6) is 5.75 Å². The van der Waals surface area contributed by atoms with Gasteiger partial charge in [-0.2, -0.15) is 13.2 Å². The molecular weight excluding hydrogens is 487 g/mol. The van der Waals surface area contributed by atoms with Crippen LogP contribution in [0, 0.1) is 12.8 Å². The normalized spacial score (nSPS) is 19.5. The molecule has 3 atom stereocenters. The lowest BCUT2D eigenvalue weighted by atomic mass is 9.85. The number of halogens is 3. The first-order chi connectivity index (χ1) is 16.9. The zero-order chi connectivity index (χ0) is 26.5. The molecule has 0 aliphatic heterocycles. The van der Waals surface area contributed by atoms with E-state index < -0.39 is 28.9 Å². The van der Waals surface area contributed by atoms with Gasteiger partial charge in [-0.15, -0.1) is 0 Å². The first kappa shape index (κ1) is 28.0. The topological polar surface area (TPSA) is 72.6 Å². The minimum absolute atomic E-state index is 0.00473. The molecule has 0 saturated heterocycles. The lowest BCUT2D eigenvalue weighted by Gasteiger charge is -2.41. The smallest absolute Gasteiger partial charge is 0.449 e. The molecule has 3 unspecified atom stereocenters. The van der Waals surface area contributed by atoms with Gasteiger partial charge in [0.25, 0.3) is 0 Å². The molecule has 3 rings (SSSR count). The summed E-state index contributed by atoms with van der Waals surface area (Å²) in [4.78, 5) is 11.1. The summed E-state index contributed by atoms with van der Waals surface area (Å²) in [6.45, 7) is 6.45. The van der Waals surface area contributed by atoms with E-state index in [0.717, 1.165) is 23.1 Å². The molecule has 2 aromatic rings. The van der Waals surface area contributed by atoms with Gasteiger partial charge >= 0.3 is 6.18 Å². The van der Waals surface area contributed by atoms with Gasteiger partial charge in [-0.3, -0.25) is 9.93 Å². The number of nitrogens with two attached hydrogens (primary N) is 1. The van der Waals surface area contributed by atoms with E-state index in [1.807, 2.05) is 31.2 Å². The Morgan fingerprint density at radius 1 is 1.11 bits per heavy atom. The molecule has 0 radical (unpaired) electrons. The summed E-state index contributed by atoms with van der Waals surface area (Å²) in [6.07, 6.45) is -0.293. The van der Waals surface area contributed by atoms with Crippen molar-refractivity contribution in [3.8, 4) is 5.75 Å². The quantitative estimate of drug-likeness (QED) is 0.346. The van der Waals surface area contributed by atoms with Gasteiger partial charge in [-0.05, 0) is 61.4 Å². The molecule has 36 heavy (non-hydrogen) atoms. The van der Waals surface area contributed by atoms with E-state index in [2.05, 4.69) is 26.0 Å².